The van der Waals surface area contributed by atoms with Crippen LogP contribution in [-0.2, 0) is 17.7 Å². The molecule has 0 fully saturated rings. The SMILES string of the molecule is CCn1nc(C)c(Cl)c1CC(C)C(C)NCCOC. The molecule has 1 aromatic heterocycles. The summed E-state index contributed by atoms with van der Waals surface area (Å²) in [5, 5.41) is 8.75. The summed E-state index contributed by atoms with van der Waals surface area (Å²) in [5.74, 6) is 0.496. The maximum Gasteiger partial charge on any atom is 0.0847 e. The van der Waals surface area contributed by atoms with E-state index < -0.39 is 0 Å². The Balaban J connectivity index is 2.63. The van der Waals surface area contributed by atoms with Crippen LogP contribution in [0.1, 0.15) is 32.2 Å². The highest BCUT2D eigenvalue weighted by atomic mass is 35.5. The number of aryl methyl sites for hydroxylation is 2. The van der Waals surface area contributed by atoms with Gasteiger partial charge in [0.05, 0.1) is 23.0 Å². The molecule has 0 saturated heterocycles. The lowest BCUT2D eigenvalue weighted by Gasteiger charge is -2.21. The first-order chi connectivity index (χ1) is 9.01. The van der Waals surface area contributed by atoms with Gasteiger partial charge in [0.1, 0.15) is 0 Å². The van der Waals surface area contributed by atoms with Crippen molar-refractivity contribution in [1.29, 1.82) is 0 Å². The van der Waals surface area contributed by atoms with Gasteiger partial charge in [0.15, 0.2) is 0 Å². The van der Waals surface area contributed by atoms with E-state index in [9.17, 15) is 0 Å². The number of hydrogen-bond acceptors (Lipinski definition) is 3. The van der Waals surface area contributed by atoms with E-state index in [0.29, 0.717) is 12.0 Å². The first kappa shape index (κ1) is 16.5. The van der Waals surface area contributed by atoms with Gasteiger partial charge in [-0.1, -0.05) is 18.5 Å². The van der Waals surface area contributed by atoms with E-state index in [1.54, 1.807) is 7.11 Å². The molecule has 5 heteroatoms. The Hall–Kier alpha value is -0.580. The summed E-state index contributed by atoms with van der Waals surface area (Å²) >= 11 is 6.34. The zero-order chi connectivity index (χ0) is 14.4. The van der Waals surface area contributed by atoms with Crippen molar-refractivity contribution in [2.75, 3.05) is 20.3 Å². The molecule has 0 aliphatic rings. The third kappa shape index (κ3) is 4.48. The van der Waals surface area contributed by atoms with Crippen LogP contribution in [-0.4, -0.2) is 36.1 Å². The van der Waals surface area contributed by atoms with Gasteiger partial charge in [-0.25, -0.2) is 0 Å². The van der Waals surface area contributed by atoms with Crippen LogP contribution in [0.25, 0.3) is 0 Å². The molecule has 0 spiro atoms. The van der Waals surface area contributed by atoms with Gasteiger partial charge in [-0.3, -0.25) is 4.68 Å². The maximum atomic E-state index is 6.34. The number of nitrogens with zero attached hydrogens (tertiary/aromatic N) is 2. The Labute approximate surface area is 121 Å². The quantitative estimate of drug-likeness (QED) is 0.747. The van der Waals surface area contributed by atoms with Gasteiger partial charge in [0, 0.05) is 26.2 Å². The molecule has 0 aliphatic heterocycles. The third-order valence-electron chi connectivity index (χ3n) is 3.59. The van der Waals surface area contributed by atoms with Crippen LogP contribution in [0, 0.1) is 12.8 Å². The van der Waals surface area contributed by atoms with Crippen LogP contribution in [0.3, 0.4) is 0 Å². The van der Waals surface area contributed by atoms with Crippen molar-refractivity contribution >= 4 is 11.6 Å². The molecule has 1 aromatic rings. The minimum Gasteiger partial charge on any atom is -0.383 e. The minimum absolute atomic E-state index is 0.423. The second kappa shape index (κ2) is 7.88. The zero-order valence-electron chi connectivity index (χ0n) is 12.7. The standard InChI is InChI=1S/C14H26ClN3O/c1-6-18-13(14(15)12(4)17-18)9-10(2)11(3)16-7-8-19-5/h10-11,16H,6-9H2,1-5H3. The summed E-state index contributed by atoms with van der Waals surface area (Å²) in [6.45, 7) is 11.0. The van der Waals surface area contributed by atoms with E-state index >= 15 is 0 Å². The first-order valence-electron chi connectivity index (χ1n) is 6.95. The zero-order valence-corrected chi connectivity index (χ0v) is 13.4. The summed E-state index contributed by atoms with van der Waals surface area (Å²) in [4.78, 5) is 0. The van der Waals surface area contributed by atoms with Crippen LogP contribution in [0.5, 0.6) is 0 Å². The van der Waals surface area contributed by atoms with Crippen molar-refractivity contribution in [3.63, 3.8) is 0 Å². The molecule has 0 bridgehead atoms. The average Bonchev–Trinajstić information content (AvgIpc) is 2.66. The highest BCUT2D eigenvalue weighted by Crippen LogP contribution is 2.24. The Morgan fingerprint density at radius 1 is 1.42 bits per heavy atom. The fraction of sp³-hybridized carbons (Fsp3) is 0.786. The molecule has 1 heterocycles. The van der Waals surface area contributed by atoms with E-state index in [-0.39, 0.29) is 0 Å². The van der Waals surface area contributed by atoms with Crippen molar-refractivity contribution in [2.24, 2.45) is 5.92 Å². The van der Waals surface area contributed by atoms with Crippen LogP contribution in [0.2, 0.25) is 5.02 Å². The summed E-state index contributed by atoms with van der Waals surface area (Å²) < 4.78 is 7.06. The Bertz CT molecular complexity index is 392. The normalized spacial score (nSPS) is 14.6. The number of ether oxygens (including phenoxy) is 1. The molecule has 0 aliphatic carbocycles. The van der Waals surface area contributed by atoms with E-state index in [2.05, 4.69) is 31.2 Å². The largest absolute Gasteiger partial charge is 0.383 e. The van der Waals surface area contributed by atoms with E-state index in [1.165, 1.54) is 0 Å². The fourth-order valence-electron chi connectivity index (χ4n) is 2.14. The molecular formula is C14H26ClN3O. The van der Waals surface area contributed by atoms with Gasteiger partial charge in [0.25, 0.3) is 0 Å². The number of rotatable bonds is 8. The van der Waals surface area contributed by atoms with Crippen LogP contribution < -0.4 is 5.32 Å². The van der Waals surface area contributed by atoms with Gasteiger partial charge >= 0.3 is 0 Å². The predicted octanol–water partition coefficient (Wildman–Crippen LogP) is 2.67. The molecule has 4 nitrogen and oxygen atoms in total. The number of hydrogen-bond donors (Lipinski definition) is 1. The monoisotopic (exact) mass is 287 g/mol. The lowest BCUT2D eigenvalue weighted by molar-refractivity contribution is 0.192. The van der Waals surface area contributed by atoms with Crippen LogP contribution in [0.4, 0.5) is 0 Å². The maximum absolute atomic E-state index is 6.34. The molecule has 1 N–H and O–H groups in total. The van der Waals surface area contributed by atoms with Crippen molar-refractivity contribution in [3.05, 3.63) is 16.4 Å². The molecule has 0 amide bonds. The van der Waals surface area contributed by atoms with Crippen LogP contribution in [0.15, 0.2) is 0 Å². The molecule has 1 rings (SSSR count). The Morgan fingerprint density at radius 3 is 2.68 bits per heavy atom. The van der Waals surface area contributed by atoms with Gasteiger partial charge < -0.3 is 10.1 Å². The Morgan fingerprint density at radius 2 is 2.11 bits per heavy atom. The molecule has 2 atom stereocenters. The van der Waals surface area contributed by atoms with Crippen molar-refractivity contribution in [3.8, 4) is 0 Å². The number of aromatic nitrogens is 2. The van der Waals surface area contributed by atoms with Gasteiger partial charge in [-0.2, -0.15) is 5.10 Å². The predicted molar refractivity (Wildman–Crippen MR) is 79.9 cm³/mol. The van der Waals surface area contributed by atoms with Crippen molar-refractivity contribution in [2.45, 2.75) is 46.7 Å². The smallest absolute Gasteiger partial charge is 0.0847 e. The Kier molecular flexibility index (Phi) is 6.83. The minimum atomic E-state index is 0.423. The van der Waals surface area contributed by atoms with Gasteiger partial charge in [-0.05, 0) is 33.1 Å². The number of halogens is 1. The second-order valence-corrected chi connectivity index (χ2v) is 5.46. The van der Waals surface area contributed by atoms with Crippen molar-refractivity contribution in [1.82, 2.24) is 15.1 Å². The molecule has 0 radical (unpaired) electrons. The topological polar surface area (TPSA) is 39.1 Å². The average molecular weight is 288 g/mol. The molecular weight excluding hydrogens is 262 g/mol. The highest BCUT2D eigenvalue weighted by molar-refractivity contribution is 6.31. The molecule has 110 valence electrons. The number of methoxy groups -OCH3 is 1. The second-order valence-electron chi connectivity index (χ2n) is 5.08. The number of nitrogens with one attached hydrogen (secondary N) is 1. The third-order valence-corrected chi connectivity index (χ3v) is 4.09. The molecule has 0 saturated carbocycles. The summed E-state index contributed by atoms with van der Waals surface area (Å²) in [6.07, 6.45) is 0.939. The lowest BCUT2D eigenvalue weighted by Crippen LogP contribution is -2.35. The van der Waals surface area contributed by atoms with E-state index in [1.807, 2.05) is 11.6 Å². The van der Waals surface area contributed by atoms with E-state index in [0.717, 1.165) is 42.5 Å². The van der Waals surface area contributed by atoms with Gasteiger partial charge in [-0.15, -0.1) is 0 Å². The van der Waals surface area contributed by atoms with Crippen molar-refractivity contribution < 1.29 is 4.74 Å². The lowest BCUT2D eigenvalue weighted by atomic mass is 9.97. The summed E-state index contributed by atoms with van der Waals surface area (Å²) in [6, 6.07) is 0.423. The first-order valence-corrected chi connectivity index (χ1v) is 7.33. The van der Waals surface area contributed by atoms with Gasteiger partial charge in [0.2, 0.25) is 0 Å². The molecule has 2 unspecified atom stereocenters. The van der Waals surface area contributed by atoms with E-state index in [4.69, 9.17) is 16.3 Å². The fourth-order valence-corrected chi connectivity index (χ4v) is 2.35. The summed E-state index contributed by atoms with van der Waals surface area (Å²) in [5.41, 5.74) is 2.07. The molecule has 0 aromatic carbocycles. The highest BCUT2D eigenvalue weighted by Gasteiger charge is 2.18. The molecule has 19 heavy (non-hydrogen) atoms. The summed E-state index contributed by atoms with van der Waals surface area (Å²) in [7, 11) is 1.72. The van der Waals surface area contributed by atoms with Crippen LogP contribution >= 0.6 is 11.6 Å².